The highest BCUT2D eigenvalue weighted by molar-refractivity contribution is 6.07. The van der Waals surface area contributed by atoms with Crippen LogP contribution in [-0.2, 0) is 4.79 Å². The van der Waals surface area contributed by atoms with Gasteiger partial charge >= 0.3 is 0 Å². The fourth-order valence-electron chi connectivity index (χ4n) is 3.04. The summed E-state index contributed by atoms with van der Waals surface area (Å²) >= 11 is 0. The third-order valence-electron chi connectivity index (χ3n) is 4.70. The molecule has 2 amide bonds. The van der Waals surface area contributed by atoms with Crippen LogP contribution in [-0.4, -0.2) is 23.3 Å². The van der Waals surface area contributed by atoms with Crippen LogP contribution in [0.5, 0.6) is 0 Å². The maximum atomic E-state index is 13.7. The zero-order valence-electron chi connectivity index (χ0n) is 15.1. The third kappa shape index (κ3) is 3.91. The zero-order chi connectivity index (χ0) is 20.5. The smallest absolute Gasteiger partial charge is 0.252 e. The van der Waals surface area contributed by atoms with E-state index in [1.54, 1.807) is 18.2 Å². The molecule has 0 unspecified atom stereocenters. The molecule has 29 heavy (non-hydrogen) atoms. The monoisotopic (exact) mass is 399 g/mol. The number of fused-ring (bicyclic) bond motifs is 1. The van der Waals surface area contributed by atoms with Gasteiger partial charge in [-0.15, -0.1) is 0 Å². The van der Waals surface area contributed by atoms with Gasteiger partial charge in [0.05, 0.1) is 23.3 Å². The summed E-state index contributed by atoms with van der Waals surface area (Å²) in [6.07, 6.45) is 2.04. The number of benzene rings is 2. The number of para-hydroxylation sites is 1. The topological polar surface area (TPSA) is 71.1 Å². The number of nitrogens with one attached hydrogen (secondary N) is 2. The van der Waals surface area contributed by atoms with Crippen LogP contribution < -0.4 is 10.6 Å². The average Bonchev–Trinajstić information content (AvgIpc) is 3.57. The standard InChI is InChI=1S/C21H16F3N3O2/c22-14-7-8-16(20(24)19(14)23)27-18(28)10-25-21(29)13-9-17(11-5-6-11)26-15-4-2-1-3-12(13)15/h1-4,7-9,11H,5-6,10H2,(H,25,29)(H,27,28). The molecule has 0 atom stereocenters. The maximum absolute atomic E-state index is 13.7. The largest absolute Gasteiger partial charge is 0.343 e. The highest BCUT2D eigenvalue weighted by Crippen LogP contribution is 2.40. The van der Waals surface area contributed by atoms with Crippen LogP contribution in [0.1, 0.15) is 34.8 Å². The Balaban J connectivity index is 1.49. The molecule has 8 heteroatoms. The maximum Gasteiger partial charge on any atom is 0.252 e. The van der Waals surface area contributed by atoms with Crippen LogP contribution in [0.4, 0.5) is 18.9 Å². The molecule has 1 saturated carbocycles. The van der Waals surface area contributed by atoms with E-state index in [2.05, 4.69) is 15.6 Å². The number of carbonyl (C=O) groups excluding carboxylic acids is 2. The number of anilines is 1. The number of pyridine rings is 1. The molecule has 1 aromatic heterocycles. The number of hydrogen-bond acceptors (Lipinski definition) is 3. The van der Waals surface area contributed by atoms with Crippen molar-refractivity contribution in [1.29, 1.82) is 0 Å². The van der Waals surface area contributed by atoms with E-state index in [9.17, 15) is 22.8 Å². The lowest BCUT2D eigenvalue weighted by molar-refractivity contribution is -0.115. The molecule has 2 aromatic carbocycles. The van der Waals surface area contributed by atoms with Crippen LogP contribution in [0.2, 0.25) is 0 Å². The predicted octanol–water partition coefficient (Wildman–Crippen LogP) is 3.90. The highest BCUT2D eigenvalue weighted by Gasteiger charge is 2.27. The molecule has 0 saturated heterocycles. The van der Waals surface area contributed by atoms with Gasteiger partial charge in [0, 0.05) is 17.0 Å². The van der Waals surface area contributed by atoms with E-state index in [4.69, 9.17) is 0 Å². The van der Waals surface area contributed by atoms with Gasteiger partial charge in [0.2, 0.25) is 5.91 Å². The van der Waals surface area contributed by atoms with Crippen LogP contribution >= 0.6 is 0 Å². The van der Waals surface area contributed by atoms with Crippen molar-refractivity contribution in [3.8, 4) is 0 Å². The van der Waals surface area contributed by atoms with Gasteiger partial charge in [-0.2, -0.15) is 0 Å². The number of amides is 2. The Labute approximate surface area is 163 Å². The van der Waals surface area contributed by atoms with E-state index in [0.717, 1.165) is 24.6 Å². The molecule has 3 aromatic rings. The fraction of sp³-hybridized carbons (Fsp3) is 0.190. The molecule has 148 valence electrons. The van der Waals surface area contributed by atoms with Crippen LogP contribution in [0, 0.1) is 17.5 Å². The Kier molecular flexibility index (Phi) is 4.92. The van der Waals surface area contributed by atoms with Crippen molar-refractivity contribution in [3.05, 3.63) is 71.2 Å². The van der Waals surface area contributed by atoms with E-state index in [0.29, 0.717) is 28.5 Å². The summed E-state index contributed by atoms with van der Waals surface area (Å²) in [4.78, 5) is 29.3. The molecule has 1 fully saturated rings. The Bertz CT molecular complexity index is 1130. The number of hydrogen-bond donors (Lipinski definition) is 2. The van der Waals surface area contributed by atoms with Gasteiger partial charge in [-0.25, -0.2) is 13.2 Å². The summed E-state index contributed by atoms with van der Waals surface area (Å²) in [5.41, 5.74) is 1.41. The molecular formula is C21H16F3N3O2. The Morgan fingerprint density at radius 1 is 1.03 bits per heavy atom. The SMILES string of the molecule is O=C(CNC(=O)c1cc(C2CC2)nc2ccccc12)Nc1ccc(F)c(F)c1F. The Morgan fingerprint density at radius 3 is 2.55 bits per heavy atom. The molecule has 0 bridgehead atoms. The number of halogens is 3. The van der Waals surface area contributed by atoms with Crippen molar-refractivity contribution in [2.45, 2.75) is 18.8 Å². The van der Waals surface area contributed by atoms with Crippen molar-refractivity contribution >= 4 is 28.4 Å². The van der Waals surface area contributed by atoms with Crippen LogP contribution in [0.15, 0.2) is 42.5 Å². The quantitative estimate of drug-likeness (QED) is 0.640. The van der Waals surface area contributed by atoms with Crippen molar-refractivity contribution in [2.24, 2.45) is 0 Å². The number of nitrogens with zero attached hydrogens (tertiary/aromatic N) is 1. The second kappa shape index (κ2) is 7.54. The summed E-state index contributed by atoms with van der Waals surface area (Å²) in [5, 5.41) is 5.24. The second-order valence-electron chi connectivity index (χ2n) is 6.84. The third-order valence-corrected chi connectivity index (χ3v) is 4.70. The van der Waals surface area contributed by atoms with E-state index in [-0.39, 0.29) is 0 Å². The molecule has 0 radical (unpaired) electrons. The van der Waals surface area contributed by atoms with E-state index >= 15 is 0 Å². The van der Waals surface area contributed by atoms with Gasteiger partial charge in [-0.3, -0.25) is 14.6 Å². The van der Waals surface area contributed by atoms with Gasteiger partial charge in [0.25, 0.3) is 5.91 Å². The molecule has 1 aliphatic carbocycles. The van der Waals surface area contributed by atoms with Gasteiger partial charge < -0.3 is 10.6 Å². The van der Waals surface area contributed by atoms with Crippen molar-refractivity contribution in [2.75, 3.05) is 11.9 Å². The first-order valence-corrected chi connectivity index (χ1v) is 9.05. The number of rotatable bonds is 5. The predicted molar refractivity (Wildman–Crippen MR) is 101 cm³/mol. The van der Waals surface area contributed by atoms with Crippen molar-refractivity contribution in [1.82, 2.24) is 10.3 Å². The molecule has 5 nitrogen and oxygen atoms in total. The van der Waals surface area contributed by atoms with Crippen molar-refractivity contribution < 1.29 is 22.8 Å². The molecule has 4 rings (SSSR count). The van der Waals surface area contributed by atoms with E-state index in [1.165, 1.54) is 0 Å². The summed E-state index contributed by atoms with van der Waals surface area (Å²) in [6.45, 7) is -0.466. The zero-order valence-corrected chi connectivity index (χ0v) is 15.1. The van der Waals surface area contributed by atoms with Gasteiger partial charge in [0.1, 0.15) is 0 Å². The molecule has 0 spiro atoms. The fourth-order valence-corrected chi connectivity index (χ4v) is 3.04. The minimum Gasteiger partial charge on any atom is -0.343 e. The summed E-state index contributed by atoms with van der Waals surface area (Å²) in [7, 11) is 0. The average molecular weight is 399 g/mol. The minimum absolute atomic E-state index is 0.339. The highest BCUT2D eigenvalue weighted by atomic mass is 19.2. The van der Waals surface area contributed by atoms with E-state index in [1.807, 2.05) is 12.1 Å². The lowest BCUT2D eigenvalue weighted by Gasteiger charge is -2.11. The first kappa shape index (κ1) is 18.9. The molecule has 1 aliphatic rings. The molecular weight excluding hydrogens is 383 g/mol. The molecule has 2 N–H and O–H groups in total. The Morgan fingerprint density at radius 2 is 1.79 bits per heavy atom. The second-order valence-corrected chi connectivity index (χ2v) is 6.84. The Hall–Kier alpha value is -3.42. The van der Waals surface area contributed by atoms with Crippen LogP contribution in [0.3, 0.4) is 0 Å². The first-order chi connectivity index (χ1) is 13.9. The van der Waals surface area contributed by atoms with Gasteiger partial charge in [-0.1, -0.05) is 18.2 Å². The number of carbonyl (C=O) groups is 2. The van der Waals surface area contributed by atoms with Crippen LogP contribution in [0.25, 0.3) is 10.9 Å². The summed E-state index contributed by atoms with van der Waals surface area (Å²) in [6, 6.07) is 10.5. The minimum atomic E-state index is -1.68. The van der Waals surface area contributed by atoms with Gasteiger partial charge in [-0.05, 0) is 37.1 Å². The lowest BCUT2D eigenvalue weighted by atomic mass is 10.1. The van der Waals surface area contributed by atoms with E-state index < -0.39 is 41.5 Å². The first-order valence-electron chi connectivity index (χ1n) is 9.05. The molecule has 0 aliphatic heterocycles. The summed E-state index contributed by atoms with van der Waals surface area (Å²) < 4.78 is 39.9. The normalized spacial score (nSPS) is 13.3. The number of aromatic nitrogens is 1. The summed E-state index contributed by atoms with van der Waals surface area (Å²) in [5.74, 6) is -5.45. The van der Waals surface area contributed by atoms with Crippen molar-refractivity contribution in [3.63, 3.8) is 0 Å². The lowest BCUT2D eigenvalue weighted by Crippen LogP contribution is -2.33. The van der Waals surface area contributed by atoms with Gasteiger partial charge in [0.15, 0.2) is 17.5 Å². The molecule has 1 heterocycles.